The van der Waals surface area contributed by atoms with Gasteiger partial charge < -0.3 is 13.8 Å². The third-order valence-electron chi connectivity index (χ3n) is 4.34. The average Bonchev–Trinajstić information content (AvgIpc) is 2.61. The van der Waals surface area contributed by atoms with Crippen LogP contribution in [0.3, 0.4) is 0 Å². The Labute approximate surface area is 169 Å². The topological polar surface area (TPSA) is 44.8 Å². The number of allylic oxidation sites excluding steroid dienone is 4. The summed E-state index contributed by atoms with van der Waals surface area (Å²) in [4.78, 5) is 0. The second kappa shape index (κ2) is 10.1. The number of benzene rings is 1. The molecular weight excluding hydrogens is 371 g/mol. The fourth-order valence-electron chi connectivity index (χ4n) is 3.11. The van der Waals surface area contributed by atoms with E-state index < -0.39 is 7.60 Å². The Bertz CT molecular complexity index is 865. The molecule has 0 fully saturated rings. The lowest BCUT2D eigenvalue weighted by Crippen LogP contribution is -2.09. The zero-order chi connectivity index (χ0) is 20.7. The molecule has 0 spiro atoms. The number of fused-ring (bicyclic) bond motifs is 1. The van der Waals surface area contributed by atoms with Crippen LogP contribution in [0.25, 0.3) is 6.08 Å². The van der Waals surface area contributed by atoms with Gasteiger partial charge in [-0.3, -0.25) is 4.57 Å². The fourth-order valence-corrected chi connectivity index (χ4v) is 4.64. The molecule has 1 aliphatic rings. The number of rotatable bonds is 8. The molecule has 0 aromatic heterocycles. The fraction of sp³-hybridized carbons (Fsp3) is 0.391. The van der Waals surface area contributed by atoms with Gasteiger partial charge in [-0.1, -0.05) is 29.9 Å². The minimum absolute atomic E-state index is 0.346. The van der Waals surface area contributed by atoms with Gasteiger partial charge in [0.25, 0.3) is 0 Å². The average molecular weight is 402 g/mol. The summed E-state index contributed by atoms with van der Waals surface area (Å²) in [5, 5.41) is 0. The number of aryl methyl sites for hydroxylation is 2. The SMILES string of the molecule is CCOP(=O)(C=C(C)C=CC=C(C)C1=Cc2cc(C)cc(C)c2OC1)OCC. The summed E-state index contributed by atoms with van der Waals surface area (Å²) in [7, 11) is -3.18. The lowest BCUT2D eigenvalue weighted by atomic mass is 9.98. The Kier molecular flexibility index (Phi) is 8.06. The van der Waals surface area contributed by atoms with E-state index in [0.29, 0.717) is 19.8 Å². The van der Waals surface area contributed by atoms with Gasteiger partial charge in [0.15, 0.2) is 0 Å². The highest BCUT2D eigenvalue weighted by Gasteiger charge is 2.19. The van der Waals surface area contributed by atoms with Crippen LogP contribution in [-0.4, -0.2) is 19.8 Å². The Morgan fingerprint density at radius 3 is 2.50 bits per heavy atom. The molecule has 1 aromatic carbocycles. The van der Waals surface area contributed by atoms with E-state index in [2.05, 4.69) is 39.0 Å². The van der Waals surface area contributed by atoms with Crippen LogP contribution < -0.4 is 4.74 Å². The van der Waals surface area contributed by atoms with Gasteiger partial charge >= 0.3 is 7.60 Å². The highest BCUT2D eigenvalue weighted by atomic mass is 31.2. The maximum absolute atomic E-state index is 12.5. The summed E-state index contributed by atoms with van der Waals surface area (Å²) >= 11 is 0. The van der Waals surface area contributed by atoms with Gasteiger partial charge in [0.2, 0.25) is 0 Å². The molecule has 0 radical (unpaired) electrons. The van der Waals surface area contributed by atoms with Gasteiger partial charge in [0.1, 0.15) is 12.4 Å². The van der Waals surface area contributed by atoms with Crippen LogP contribution in [0.4, 0.5) is 0 Å². The zero-order valence-corrected chi connectivity index (χ0v) is 18.6. The van der Waals surface area contributed by atoms with Crippen molar-refractivity contribution in [2.75, 3.05) is 19.8 Å². The first-order valence-corrected chi connectivity index (χ1v) is 11.3. The van der Waals surface area contributed by atoms with E-state index in [0.717, 1.165) is 28.0 Å². The normalized spacial score (nSPS) is 15.4. The summed E-state index contributed by atoms with van der Waals surface area (Å²) in [6.45, 7) is 13.0. The molecular formula is C23H31O4P. The summed E-state index contributed by atoms with van der Waals surface area (Å²) in [6, 6.07) is 4.29. The molecule has 152 valence electrons. The van der Waals surface area contributed by atoms with Gasteiger partial charge in [0, 0.05) is 11.4 Å². The van der Waals surface area contributed by atoms with Crippen molar-refractivity contribution in [3.63, 3.8) is 0 Å². The van der Waals surface area contributed by atoms with Crippen molar-refractivity contribution in [1.82, 2.24) is 0 Å². The lowest BCUT2D eigenvalue weighted by Gasteiger charge is -2.20. The number of hydrogen-bond donors (Lipinski definition) is 0. The van der Waals surface area contributed by atoms with E-state index in [1.54, 1.807) is 19.7 Å². The van der Waals surface area contributed by atoms with Crippen LogP contribution in [0, 0.1) is 13.8 Å². The largest absolute Gasteiger partial charge is 0.488 e. The molecule has 1 aromatic rings. The van der Waals surface area contributed by atoms with Crippen LogP contribution in [0.1, 0.15) is 44.4 Å². The maximum atomic E-state index is 12.5. The quantitative estimate of drug-likeness (QED) is 0.356. The molecule has 0 saturated carbocycles. The predicted molar refractivity (Wildman–Crippen MR) is 117 cm³/mol. The summed E-state index contributed by atoms with van der Waals surface area (Å²) in [5.41, 5.74) is 6.64. The Morgan fingerprint density at radius 2 is 1.86 bits per heavy atom. The molecule has 0 N–H and O–H groups in total. The van der Waals surface area contributed by atoms with Crippen LogP contribution >= 0.6 is 7.60 Å². The third kappa shape index (κ3) is 6.07. The van der Waals surface area contributed by atoms with Crippen LogP contribution in [0.5, 0.6) is 5.75 Å². The van der Waals surface area contributed by atoms with Crippen molar-refractivity contribution in [2.45, 2.75) is 41.5 Å². The highest BCUT2D eigenvalue weighted by Crippen LogP contribution is 2.50. The highest BCUT2D eigenvalue weighted by molar-refractivity contribution is 7.57. The molecule has 4 nitrogen and oxygen atoms in total. The number of hydrogen-bond acceptors (Lipinski definition) is 4. The molecule has 1 heterocycles. The Balaban J connectivity index is 2.16. The predicted octanol–water partition coefficient (Wildman–Crippen LogP) is 6.75. The van der Waals surface area contributed by atoms with Crippen molar-refractivity contribution in [1.29, 1.82) is 0 Å². The second-order valence-electron chi connectivity index (χ2n) is 6.92. The van der Waals surface area contributed by atoms with Gasteiger partial charge in [-0.25, -0.2) is 0 Å². The summed E-state index contributed by atoms with van der Waals surface area (Å²) in [6.07, 6.45) is 8.08. The van der Waals surface area contributed by atoms with Crippen LogP contribution in [-0.2, 0) is 13.6 Å². The minimum Gasteiger partial charge on any atom is -0.488 e. The summed E-state index contributed by atoms with van der Waals surface area (Å²) in [5.74, 6) is 2.55. The minimum atomic E-state index is -3.18. The van der Waals surface area contributed by atoms with E-state index in [9.17, 15) is 4.57 Å². The van der Waals surface area contributed by atoms with Gasteiger partial charge in [-0.2, -0.15) is 0 Å². The van der Waals surface area contributed by atoms with E-state index >= 15 is 0 Å². The third-order valence-corrected chi connectivity index (χ3v) is 6.30. The lowest BCUT2D eigenvalue weighted by molar-refractivity contribution is 0.228. The smallest absolute Gasteiger partial charge is 0.354 e. The van der Waals surface area contributed by atoms with E-state index in [4.69, 9.17) is 13.8 Å². The van der Waals surface area contributed by atoms with Crippen molar-refractivity contribution < 1.29 is 18.3 Å². The molecule has 0 saturated heterocycles. The zero-order valence-electron chi connectivity index (χ0n) is 17.7. The van der Waals surface area contributed by atoms with Crippen molar-refractivity contribution >= 4 is 13.7 Å². The van der Waals surface area contributed by atoms with Crippen molar-refractivity contribution in [3.05, 3.63) is 69.6 Å². The molecule has 2 rings (SSSR count). The number of ether oxygens (including phenoxy) is 1. The van der Waals surface area contributed by atoms with E-state index in [1.165, 1.54) is 11.1 Å². The molecule has 0 amide bonds. The monoisotopic (exact) mass is 402 g/mol. The van der Waals surface area contributed by atoms with Gasteiger partial charge in [0.05, 0.1) is 13.2 Å². The van der Waals surface area contributed by atoms with Crippen molar-refractivity contribution in [2.24, 2.45) is 0 Å². The molecule has 5 heteroatoms. The first-order valence-electron chi connectivity index (χ1n) is 9.66. The molecule has 0 aliphatic carbocycles. The molecule has 0 bridgehead atoms. The Morgan fingerprint density at radius 1 is 1.18 bits per heavy atom. The van der Waals surface area contributed by atoms with Gasteiger partial charge in [-0.15, -0.1) is 0 Å². The summed E-state index contributed by atoms with van der Waals surface area (Å²) < 4.78 is 29.1. The first-order chi connectivity index (χ1) is 13.3. The molecule has 0 unspecified atom stereocenters. The standard InChI is InChI=1S/C23H31O4P/c1-7-26-28(24,27-8-2)16-17(3)10-9-11-19(5)22-14-21-13-18(4)12-20(6)23(21)25-15-22/h9-14,16H,7-8,15H2,1-6H3. The maximum Gasteiger partial charge on any atom is 0.354 e. The van der Waals surface area contributed by atoms with Crippen LogP contribution in [0.2, 0.25) is 0 Å². The molecule has 0 atom stereocenters. The van der Waals surface area contributed by atoms with E-state index in [1.807, 2.05) is 25.2 Å². The van der Waals surface area contributed by atoms with Gasteiger partial charge in [-0.05, 0) is 76.0 Å². The molecule has 28 heavy (non-hydrogen) atoms. The first kappa shape index (κ1) is 22.4. The molecule has 1 aliphatic heterocycles. The Hall–Kier alpha value is -1.87. The van der Waals surface area contributed by atoms with Crippen molar-refractivity contribution in [3.8, 4) is 5.75 Å². The van der Waals surface area contributed by atoms with E-state index in [-0.39, 0.29) is 0 Å². The second-order valence-corrected chi connectivity index (χ2v) is 8.77. The van der Waals surface area contributed by atoms with Crippen LogP contribution in [0.15, 0.2) is 52.9 Å².